The number of nitrogens with zero attached hydrogens (tertiary/aromatic N) is 7. The van der Waals surface area contributed by atoms with Crippen LogP contribution in [0.3, 0.4) is 0 Å². The second kappa shape index (κ2) is 7.74. The molecule has 5 heterocycles. The molecule has 0 spiro atoms. The molecule has 2 N–H and O–H groups in total. The van der Waals surface area contributed by atoms with E-state index in [0.29, 0.717) is 29.3 Å². The number of pyridine rings is 1. The fraction of sp³-hybridized carbons (Fsp3) is 0.238. The van der Waals surface area contributed by atoms with Crippen molar-refractivity contribution in [3.63, 3.8) is 0 Å². The number of carbonyl (C=O) groups is 1. The van der Waals surface area contributed by atoms with Gasteiger partial charge in [0.05, 0.1) is 23.3 Å². The van der Waals surface area contributed by atoms with Gasteiger partial charge in [-0.3, -0.25) is 9.48 Å². The lowest BCUT2D eigenvalue weighted by molar-refractivity contribution is -0.144. The van der Waals surface area contributed by atoms with Crippen molar-refractivity contribution in [1.82, 2.24) is 34.8 Å². The fourth-order valence-electron chi connectivity index (χ4n) is 3.62. The Kier molecular flexibility index (Phi) is 4.86. The van der Waals surface area contributed by atoms with Crippen LogP contribution in [0.2, 0.25) is 0 Å². The van der Waals surface area contributed by atoms with Gasteiger partial charge in [0.2, 0.25) is 11.5 Å². The summed E-state index contributed by atoms with van der Waals surface area (Å²) < 4.78 is 20.5. The highest BCUT2D eigenvalue weighted by molar-refractivity contribution is 5.87. The average Bonchev–Trinajstić information content (AvgIpc) is 3.50. The van der Waals surface area contributed by atoms with Crippen LogP contribution in [0.5, 0.6) is 0 Å². The number of hydrogen-bond acceptors (Lipinski definition) is 9. The Labute approximate surface area is 186 Å². The number of aryl methyl sites for hydroxylation is 1. The summed E-state index contributed by atoms with van der Waals surface area (Å²) in [4.78, 5) is 26.8. The van der Waals surface area contributed by atoms with E-state index in [-0.39, 0.29) is 23.8 Å². The summed E-state index contributed by atoms with van der Waals surface area (Å²) in [6, 6.07) is 8.43. The van der Waals surface area contributed by atoms with Gasteiger partial charge in [-0.05, 0) is 18.2 Å². The number of nitrogens with one attached hydrogen (secondary N) is 1. The van der Waals surface area contributed by atoms with Gasteiger partial charge in [0, 0.05) is 39.3 Å². The number of likely N-dealkylation sites (N-methyl/N-ethyl adjacent to an activating group) is 1. The minimum atomic E-state index is -1.73. The van der Waals surface area contributed by atoms with E-state index < -0.39 is 17.5 Å². The second-order valence-corrected chi connectivity index (χ2v) is 7.72. The summed E-state index contributed by atoms with van der Waals surface area (Å²) in [5.41, 5.74) is 0.269. The van der Waals surface area contributed by atoms with Crippen LogP contribution in [0.15, 0.2) is 47.2 Å². The van der Waals surface area contributed by atoms with E-state index in [1.165, 1.54) is 28.0 Å². The highest BCUT2D eigenvalue weighted by Crippen LogP contribution is 2.34. The first-order valence-electron chi connectivity index (χ1n) is 10.1. The van der Waals surface area contributed by atoms with Crippen LogP contribution >= 0.6 is 0 Å². The molecule has 0 aliphatic carbocycles. The number of aromatic nitrogens is 6. The number of halogens is 1. The van der Waals surface area contributed by atoms with Crippen molar-refractivity contribution in [2.75, 3.05) is 18.9 Å². The maximum atomic E-state index is 13.8. The van der Waals surface area contributed by atoms with E-state index in [4.69, 9.17) is 4.52 Å². The predicted octanol–water partition coefficient (Wildman–Crippen LogP) is 1.86. The molecular weight excluding hydrogens is 431 g/mol. The molecule has 1 fully saturated rings. The lowest BCUT2D eigenvalue weighted by atomic mass is 9.98. The molecule has 1 saturated heterocycles. The van der Waals surface area contributed by atoms with Gasteiger partial charge in [0.25, 0.3) is 11.9 Å². The molecule has 1 aliphatic rings. The maximum absolute atomic E-state index is 13.8. The summed E-state index contributed by atoms with van der Waals surface area (Å²) in [6.07, 6.45) is 3.23. The molecule has 1 aliphatic heterocycles. The van der Waals surface area contributed by atoms with Crippen LogP contribution in [0.25, 0.3) is 22.8 Å². The molecule has 1 atom stereocenters. The molecule has 0 radical (unpaired) electrons. The molecule has 0 saturated carbocycles. The van der Waals surface area contributed by atoms with Crippen LogP contribution < -0.4 is 5.32 Å². The van der Waals surface area contributed by atoms with Gasteiger partial charge in [-0.25, -0.2) is 15.0 Å². The lowest BCUT2D eigenvalue weighted by Gasteiger charge is -2.16. The molecule has 168 valence electrons. The van der Waals surface area contributed by atoms with Crippen molar-refractivity contribution in [1.29, 1.82) is 0 Å². The van der Waals surface area contributed by atoms with E-state index in [0.717, 1.165) is 0 Å². The quantitative estimate of drug-likeness (QED) is 0.467. The third-order valence-corrected chi connectivity index (χ3v) is 5.39. The van der Waals surface area contributed by atoms with E-state index in [1.807, 2.05) is 0 Å². The number of rotatable bonds is 5. The molecule has 5 rings (SSSR count). The first-order valence-corrected chi connectivity index (χ1v) is 10.1. The van der Waals surface area contributed by atoms with Gasteiger partial charge in [-0.2, -0.15) is 4.39 Å². The Hall–Kier alpha value is -4.19. The zero-order chi connectivity index (χ0) is 23.2. The van der Waals surface area contributed by atoms with Crippen LogP contribution in [-0.2, 0) is 17.4 Å². The minimum absolute atomic E-state index is 0.0751. The number of anilines is 2. The minimum Gasteiger partial charge on any atom is -0.373 e. The molecule has 4 aromatic rings. The SMILES string of the molecule is CN1CC[C@@](O)(c2cc(-c3cccc(-c4ccnc(Nc5cn(C)nc5F)n4)n3)no2)C1=O. The van der Waals surface area contributed by atoms with Gasteiger partial charge in [0.15, 0.2) is 5.76 Å². The first kappa shape index (κ1) is 20.7. The van der Waals surface area contributed by atoms with Gasteiger partial charge in [-0.1, -0.05) is 11.2 Å². The molecular formula is C21H19FN8O3. The Morgan fingerprint density at radius 2 is 1.91 bits per heavy atom. The number of aliphatic hydroxyl groups is 1. The number of amides is 1. The molecule has 1 amide bonds. The van der Waals surface area contributed by atoms with Crippen molar-refractivity contribution in [2.45, 2.75) is 12.0 Å². The third kappa shape index (κ3) is 3.69. The number of hydrogen-bond donors (Lipinski definition) is 2. The van der Waals surface area contributed by atoms with E-state index in [9.17, 15) is 14.3 Å². The Balaban J connectivity index is 1.42. The fourth-order valence-corrected chi connectivity index (χ4v) is 3.62. The van der Waals surface area contributed by atoms with E-state index in [1.54, 1.807) is 38.4 Å². The number of likely N-dealkylation sites (tertiary alicyclic amines) is 1. The van der Waals surface area contributed by atoms with Gasteiger partial charge in [0.1, 0.15) is 11.4 Å². The van der Waals surface area contributed by atoms with Crippen molar-refractivity contribution in [2.24, 2.45) is 7.05 Å². The smallest absolute Gasteiger partial charge is 0.262 e. The molecule has 11 nitrogen and oxygen atoms in total. The number of carbonyl (C=O) groups excluding carboxylic acids is 1. The summed E-state index contributed by atoms with van der Waals surface area (Å²) in [5, 5.41) is 21.2. The Morgan fingerprint density at radius 3 is 2.61 bits per heavy atom. The van der Waals surface area contributed by atoms with Crippen molar-refractivity contribution in [3.05, 3.63) is 54.4 Å². The van der Waals surface area contributed by atoms with E-state index >= 15 is 0 Å². The molecule has 0 bridgehead atoms. The molecule has 33 heavy (non-hydrogen) atoms. The van der Waals surface area contributed by atoms with E-state index in [2.05, 4.69) is 30.5 Å². The largest absolute Gasteiger partial charge is 0.373 e. The zero-order valence-corrected chi connectivity index (χ0v) is 17.7. The second-order valence-electron chi connectivity index (χ2n) is 7.72. The highest BCUT2D eigenvalue weighted by atomic mass is 19.1. The Bertz CT molecular complexity index is 1350. The predicted molar refractivity (Wildman–Crippen MR) is 113 cm³/mol. The summed E-state index contributed by atoms with van der Waals surface area (Å²) in [6.45, 7) is 0.423. The molecule has 0 aromatic carbocycles. The Morgan fingerprint density at radius 1 is 1.15 bits per heavy atom. The molecule has 12 heteroatoms. The van der Waals surface area contributed by atoms with Crippen molar-refractivity contribution >= 4 is 17.5 Å². The summed E-state index contributed by atoms with van der Waals surface area (Å²) in [7, 11) is 3.23. The van der Waals surface area contributed by atoms with Gasteiger partial charge < -0.3 is 19.8 Å². The maximum Gasteiger partial charge on any atom is 0.262 e. The molecule has 4 aromatic heterocycles. The monoisotopic (exact) mass is 450 g/mol. The zero-order valence-electron chi connectivity index (χ0n) is 17.7. The van der Waals surface area contributed by atoms with Crippen LogP contribution in [0.1, 0.15) is 12.2 Å². The lowest BCUT2D eigenvalue weighted by Crippen LogP contribution is -2.35. The van der Waals surface area contributed by atoms with Crippen LogP contribution in [0.4, 0.5) is 16.0 Å². The normalized spacial score (nSPS) is 18.2. The summed E-state index contributed by atoms with van der Waals surface area (Å²) in [5.74, 6) is -0.840. The standard InChI is InChI=1S/C21H19FN8O3/c1-29-9-7-21(32,19(29)31)17-10-15(28-33-17)13-5-3-4-12(24-13)14-6-8-23-20(25-14)26-16-11-30(2)27-18(16)22/h3-6,8,10-11,32H,7,9H2,1-2H3,(H,23,25,26)/t21-/m1/s1. The van der Waals surface area contributed by atoms with Crippen LogP contribution in [-0.4, -0.2) is 59.4 Å². The topological polar surface area (TPSA) is 135 Å². The summed E-state index contributed by atoms with van der Waals surface area (Å²) >= 11 is 0. The molecule has 0 unspecified atom stereocenters. The first-order chi connectivity index (χ1) is 15.8. The van der Waals surface area contributed by atoms with Crippen molar-refractivity contribution < 1.29 is 18.8 Å². The highest BCUT2D eigenvalue weighted by Gasteiger charge is 2.48. The van der Waals surface area contributed by atoms with Crippen molar-refractivity contribution in [3.8, 4) is 22.8 Å². The van der Waals surface area contributed by atoms with Crippen LogP contribution in [0, 0.1) is 5.95 Å². The third-order valence-electron chi connectivity index (χ3n) is 5.39. The van der Waals surface area contributed by atoms with Gasteiger partial charge in [-0.15, -0.1) is 5.10 Å². The van der Waals surface area contributed by atoms with Gasteiger partial charge >= 0.3 is 0 Å². The average molecular weight is 450 g/mol.